The van der Waals surface area contributed by atoms with Crippen LogP contribution in [0.25, 0.3) is 0 Å². The number of carbonyl (C=O) groups is 1. The molecule has 0 spiro atoms. The lowest BCUT2D eigenvalue weighted by molar-refractivity contribution is 0.0232. The predicted molar refractivity (Wildman–Crippen MR) is 66.4 cm³/mol. The maximum absolute atomic E-state index is 11.7. The Morgan fingerprint density at radius 3 is 2.44 bits per heavy atom. The first-order valence-corrected chi connectivity index (χ1v) is 6.14. The molecule has 0 aliphatic carbocycles. The highest BCUT2D eigenvalue weighted by molar-refractivity contribution is 5.68. The van der Waals surface area contributed by atoms with Crippen LogP contribution < -0.4 is 5.73 Å². The van der Waals surface area contributed by atoms with Gasteiger partial charge < -0.3 is 15.4 Å². The Morgan fingerprint density at radius 1 is 1.44 bits per heavy atom. The maximum atomic E-state index is 11.7. The van der Waals surface area contributed by atoms with Crippen molar-refractivity contribution in [3.05, 3.63) is 0 Å². The Bertz CT molecular complexity index is 212. The summed E-state index contributed by atoms with van der Waals surface area (Å²) in [5.74, 6) is 0. The molecule has 0 bridgehead atoms. The van der Waals surface area contributed by atoms with Crippen LogP contribution in [0.2, 0.25) is 0 Å². The average molecular weight is 230 g/mol. The zero-order valence-electron chi connectivity index (χ0n) is 11.2. The zero-order chi connectivity index (χ0) is 12.8. The van der Waals surface area contributed by atoms with Crippen molar-refractivity contribution in [1.82, 2.24) is 4.90 Å². The molecule has 0 aromatic heterocycles. The molecule has 96 valence electrons. The van der Waals surface area contributed by atoms with Crippen molar-refractivity contribution in [1.29, 1.82) is 0 Å². The fourth-order valence-corrected chi connectivity index (χ4v) is 1.64. The summed E-state index contributed by atoms with van der Waals surface area (Å²) in [4.78, 5) is 13.4. The molecule has 4 heteroatoms. The molecule has 1 atom stereocenters. The van der Waals surface area contributed by atoms with Gasteiger partial charge >= 0.3 is 6.09 Å². The van der Waals surface area contributed by atoms with Gasteiger partial charge in [0.05, 0.1) is 0 Å². The number of likely N-dealkylation sites (tertiary alicyclic amines) is 1. The second-order valence-corrected chi connectivity index (χ2v) is 4.71. The van der Waals surface area contributed by atoms with E-state index in [1.54, 1.807) is 4.90 Å². The SMILES string of the molecule is CC.CC(C)(C)OC(=O)N1CCC[C@H]1CN. The molecule has 1 aliphatic heterocycles. The number of carbonyl (C=O) groups excluding carboxylic acids is 1. The summed E-state index contributed by atoms with van der Waals surface area (Å²) in [7, 11) is 0. The van der Waals surface area contributed by atoms with Crippen molar-refractivity contribution in [3.63, 3.8) is 0 Å². The zero-order valence-corrected chi connectivity index (χ0v) is 11.2. The van der Waals surface area contributed by atoms with Crippen LogP contribution in [0.5, 0.6) is 0 Å². The van der Waals surface area contributed by atoms with Crippen LogP contribution in [0.3, 0.4) is 0 Å². The van der Waals surface area contributed by atoms with E-state index in [1.807, 2.05) is 34.6 Å². The summed E-state index contributed by atoms with van der Waals surface area (Å²) in [6, 6.07) is 0.171. The molecule has 1 amide bonds. The molecule has 0 aromatic rings. The third-order valence-corrected chi connectivity index (χ3v) is 2.28. The van der Waals surface area contributed by atoms with Crippen LogP contribution in [-0.4, -0.2) is 35.7 Å². The number of amides is 1. The molecule has 1 fully saturated rings. The van der Waals surface area contributed by atoms with Crippen LogP contribution in [0.15, 0.2) is 0 Å². The first-order valence-electron chi connectivity index (χ1n) is 6.14. The summed E-state index contributed by atoms with van der Waals surface area (Å²) in [6.07, 6.45) is 1.79. The second-order valence-electron chi connectivity index (χ2n) is 4.71. The van der Waals surface area contributed by atoms with Gasteiger partial charge in [0.2, 0.25) is 0 Å². The van der Waals surface area contributed by atoms with E-state index in [0.29, 0.717) is 6.54 Å². The van der Waals surface area contributed by atoms with E-state index in [9.17, 15) is 4.79 Å². The Hall–Kier alpha value is -0.770. The summed E-state index contributed by atoms with van der Waals surface area (Å²) in [6.45, 7) is 10.9. The third kappa shape index (κ3) is 4.84. The van der Waals surface area contributed by atoms with E-state index in [4.69, 9.17) is 10.5 Å². The normalized spacial score (nSPS) is 20.1. The predicted octanol–water partition coefficient (Wildman–Crippen LogP) is 2.37. The molecule has 0 unspecified atom stereocenters. The van der Waals surface area contributed by atoms with E-state index >= 15 is 0 Å². The van der Waals surface area contributed by atoms with Gasteiger partial charge in [-0.2, -0.15) is 0 Å². The van der Waals surface area contributed by atoms with Gasteiger partial charge in [-0.25, -0.2) is 4.79 Å². The molecule has 0 aromatic carbocycles. The van der Waals surface area contributed by atoms with E-state index < -0.39 is 5.60 Å². The number of rotatable bonds is 1. The number of ether oxygens (including phenoxy) is 1. The summed E-state index contributed by atoms with van der Waals surface area (Å²) in [5, 5.41) is 0. The molecule has 16 heavy (non-hydrogen) atoms. The molecule has 1 saturated heterocycles. The lowest BCUT2D eigenvalue weighted by Gasteiger charge is -2.27. The molecule has 0 radical (unpaired) electrons. The number of hydrogen-bond acceptors (Lipinski definition) is 3. The third-order valence-electron chi connectivity index (χ3n) is 2.28. The van der Waals surface area contributed by atoms with Gasteiger partial charge in [-0.3, -0.25) is 0 Å². The van der Waals surface area contributed by atoms with E-state index in [-0.39, 0.29) is 12.1 Å². The standard InChI is InChI=1S/C10H20N2O2.C2H6/c1-10(2,3)14-9(13)12-6-4-5-8(12)7-11;1-2/h8H,4-7,11H2,1-3H3;1-2H3/t8-;/m0./s1. The number of nitrogens with zero attached hydrogens (tertiary/aromatic N) is 1. The molecule has 0 saturated carbocycles. The van der Waals surface area contributed by atoms with Gasteiger partial charge in [0.15, 0.2) is 0 Å². The van der Waals surface area contributed by atoms with Gasteiger partial charge in [0.1, 0.15) is 5.60 Å². The molecular formula is C12H26N2O2. The molecule has 4 nitrogen and oxygen atoms in total. The Kier molecular flexibility index (Phi) is 6.41. The van der Waals surface area contributed by atoms with Crippen LogP contribution in [0, 0.1) is 0 Å². The van der Waals surface area contributed by atoms with Gasteiger partial charge in [-0.05, 0) is 33.6 Å². The highest BCUT2D eigenvalue weighted by atomic mass is 16.6. The van der Waals surface area contributed by atoms with E-state index in [0.717, 1.165) is 19.4 Å². The second kappa shape index (κ2) is 6.74. The van der Waals surface area contributed by atoms with Crippen molar-refractivity contribution in [2.75, 3.05) is 13.1 Å². The first kappa shape index (κ1) is 15.2. The first-order chi connectivity index (χ1) is 7.44. The van der Waals surface area contributed by atoms with Crippen molar-refractivity contribution in [3.8, 4) is 0 Å². The van der Waals surface area contributed by atoms with Gasteiger partial charge in [0, 0.05) is 19.1 Å². The molecule has 1 rings (SSSR count). The van der Waals surface area contributed by atoms with Crippen molar-refractivity contribution in [2.24, 2.45) is 5.73 Å². The Labute approximate surface area is 99.1 Å². The van der Waals surface area contributed by atoms with Crippen molar-refractivity contribution >= 4 is 6.09 Å². The molecule has 1 aliphatic rings. The smallest absolute Gasteiger partial charge is 0.410 e. The van der Waals surface area contributed by atoms with E-state index in [2.05, 4.69) is 0 Å². The largest absolute Gasteiger partial charge is 0.444 e. The van der Waals surface area contributed by atoms with E-state index in [1.165, 1.54) is 0 Å². The lowest BCUT2D eigenvalue weighted by Crippen LogP contribution is -2.42. The minimum Gasteiger partial charge on any atom is -0.444 e. The van der Waals surface area contributed by atoms with Gasteiger partial charge in [0.25, 0.3) is 0 Å². The minimum absolute atomic E-state index is 0.171. The summed E-state index contributed by atoms with van der Waals surface area (Å²) < 4.78 is 5.29. The van der Waals surface area contributed by atoms with Gasteiger partial charge in [-0.1, -0.05) is 13.8 Å². The maximum Gasteiger partial charge on any atom is 0.410 e. The Balaban J connectivity index is 0.00000106. The molecule has 1 heterocycles. The molecular weight excluding hydrogens is 204 g/mol. The van der Waals surface area contributed by atoms with Crippen LogP contribution in [0.4, 0.5) is 4.79 Å². The average Bonchev–Trinajstić information content (AvgIpc) is 2.66. The fraction of sp³-hybridized carbons (Fsp3) is 0.917. The highest BCUT2D eigenvalue weighted by Crippen LogP contribution is 2.19. The van der Waals surface area contributed by atoms with Crippen LogP contribution >= 0.6 is 0 Å². The summed E-state index contributed by atoms with van der Waals surface area (Å²) in [5.41, 5.74) is 5.16. The fourth-order valence-electron chi connectivity index (χ4n) is 1.64. The summed E-state index contributed by atoms with van der Waals surface area (Å²) >= 11 is 0. The van der Waals surface area contributed by atoms with Gasteiger partial charge in [-0.15, -0.1) is 0 Å². The van der Waals surface area contributed by atoms with Crippen molar-refractivity contribution in [2.45, 2.75) is 59.1 Å². The lowest BCUT2D eigenvalue weighted by atomic mass is 10.2. The number of nitrogens with two attached hydrogens (primary N) is 1. The Morgan fingerprint density at radius 2 is 2.00 bits per heavy atom. The van der Waals surface area contributed by atoms with Crippen molar-refractivity contribution < 1.29 is 9.53 Å². The number of hydrogen-bond donors (Lipinski definition) is 1. The quantitative estimate of drug-likeness (QED) is 0.752. The monoisotopic (exact) mass is 230 g/mol. The van der Waals surface area contributed by atoms with Crippen LogP contribution in [-0.2, 0) is 4.74 Å². The molecule has 2 N–H and O–H groups in total. The highest BCUT2D eigenvalue weighted by Gasteiger charge is 2.30. The van der Waals surface area contributed by atoms with Crippen LogP contribution in [0.1, 0.15) is 47.5 Å². The minimum atomic E-state index is -0.418. The topological polar surface area (TPSA) is 55.6 Å².